The zero-order valence-electron chi connectivity index (χ0n) is 18.6. The Labute approximate surface area is 205 Å². The second-order valence-electron chi connectivity index (χ2n) is 8.24. The summed E-state index contributed by atoms with van der Waals surface area (Å²) in [6.07, 6.45) is 6.93. The van der Waals surface area contributed by atoms with E-state index in [0.717, 1.165) is 19.0 Å². The highest BCUT2D eigenvalue weighted by Crippen LogP contribution is 2.43. The van der Waals surface area contributed by atoms with E-state index in [4.69, 9.17) is 16.3 Å². The van der Waals surface area contributed by atoms with E-state index in [2.05, 4.69) is 21.5 Å². The zero-order chi connectivity index (χ0) is 24.5. The lowest BCUT2D eigenvalue weighted by atomic mass is 9.99. The van der Waals surface area contributed by atoms with Gasteiger partial charge in [0.25, 0.3) is 0 Å². The molecule has 35 heavy (non-hydrogen) atoms. The lowest BCUT2D eigenvalue weighted by Crippen LogP contribution is -2.38. The molecule has 9 heteroatoms. The Morgan fingerprint density at radius 3 is 2.94 bits per heavy atom. The number of hydrogen-bond acceptors (Lipinski definition) is 4. The molecule has 0 radical (unpaired) electrons. The van der Waals surface area contributed by atoms with E-state index in [0.29, 0.717) is 33.9 Å². The molecule has 1 atom stereocenters. The topological polar surface area (TPSA) is 71.1 Å². The molecular weight excluding hydrogens is 474 g/mol. The Morgan fingerprint density at radius 2 is 2.11 bits per heavy atom. The summed E-state index contributed by atoms with van der Waals surface area (Å²) in [6, 6.07) is 7.51. The van der Waals surface area contributed by atoms with Crippen molar-refractivity contribution in [2.75, 3.05) is 13.2 Å². The van der Waals surface area contributed by atoms with Gasteiger partial charge in [-0.15, -0.1) is 0 Å². The van der Waals surface area contributed by atoms with Gasteiger partial charge in [-0.05, 0) is 49.2 Å². The maximum atomic E-state index is 15.3. The minimum Gasteiger partial charge on any atom is -0.489 e. The van der Waals surface area contributed by atoms with Gasteiger partial charge in [0.05, 0.1) is 40.7 Å². The molecule has 4 heterocycles. The number of likely N-dealkylation sites (tertiary alicyclic amines) is 1. The summed E-state index contributed by atoms with van der Waals surface area (Å²) >= 11 is 6.17. The van der Waals surface area contributed by atoms with Crippen molar-refractivity contribution in [3.8, 4) is 28.1 Å². The van der Waals surface area contributed by atoms with Gasteiger partial charge in [-0.1, -0.05) is 18.2 Å². The molecule has 1 aliphatic heterocycles. The van der Waals surface area contributed by atoms with Crippen molar-refractivity contribution in [2.24, 2.45) is 0 Å². The predicted octanol–water partition coefficient (Wildman–Crippen LogP) is 5.78. The third-order valence-corrected chi connectivity index (χ3v) is 6.37. The summed E-state index contributed by atoms with van der Waals surface area (Å²) in [4.78, 5) is 25.4. The van der Waals surface area contributed by atoms with Crippen LogP contribution in [0, 0.1) is 11.6 Å². The average Bonchev–Trinajstić information content (AvgIpc) is 3.48. The Morgan fingerprint density at radius 1 is 1.26 bits per heavy atom. The second-order valence-corrected chi connectivity index (χ2v) is 8.67. The number of benzene rings is 1. The van der Waals surface area contributed by atoms with E-state index >= 15 is 4.39 Å². The third kappa shape index (κ3) is 4.25. The van der Waals surface area contributed by atoms with E-state index < -0.39 is 11.6 Å². The quantitative estimate of drug-likeness (QED) is 0.345. The number of hydrogen-bond donors (Lipinski definition) is 1. The summed E-state index contributed by atoms with van der Waals surface area (Å²) in [6.45, 7) is 4.31. The van der Waals surface area contributed by atoms with Crippen LogP contribution in [-0.2, 0) is 4.79 Å². The number of carbonyl (C=O) groups excluding carboxylic acids is 1. The molecule has 5 rings (SSSR count). The van der Waals surface area contributed by atoms with Gasteiger partial charge in [0.2, 0.25) is 5.91 Å². The van der Waals surface area contributed by atoms with E-state index in [9.17, 15) is 9.18 Å². The predicted molar refractivity (Wildman–Crippen MR) is 130 cm³/mol. The van der Waals surface area contributed by atoms with Gasteiger partial charge in [-0.25, -0.2) is 8.78 Å². The maximum Gasteiger partial charge on any atom is 0.246 e. The van der Waals surface area contributed by atoms with Crippen molar-refractivity contribution in [1.82, 2.24) is 19.9 Å². The van der Waals surface area contributed by atoms with E-state index in [1.165, 1.54) is 30.5 Å². The van der Waals surface area contributed by atoms with Crippen molar-refractivity contribution < 1.29 is 18.3 Å². The molecule has 1 saturated heterocycles. The molecule has 1 aliphatic rings. The van der Waals surface area contributed by atoms with Crippen LogP contribution in [0.15, 0.2) is 61.6 Å². The highest BCUT2D eigenvalue weighted by molar-refractivity contribution is 6.31. The maximum absolute atomic E-state index is 15.3. The van der Waals surface area contributed by atoms with Gasteiger partial charge in [0.15, 0.2) is 5.82 Å². The van der Waals surface area contributed by atoms with Crippen molar-refractivity contribution in [3.05, 3.63) is 78.2 Å². The van der Waals surface area contributed by atoms with Crippen molar-refractivity contribution >= 4 is 28.5 Å². The van der Waals surface area contributed by atoms with E-state index in [1.54, 1.807) is 23.2 Å². The monoisotopic (exact) mass is 494 g/mol. The number of aromatic nitrogens is 3. The van der Waals surface area contributed by atoms with Crippen molar-refractivity contribution in [3.63, 3.8) is 0 Å². The van der Waals surface area contributed by atoms with E-state index in [-0.39, 0.29) is 35.4 Å². The highest BCUT2D eigenvalue weighted by atomic mass is 35.5. The third-order valence-electron chi connectivity index (χ3n) is 6.13. The molecule has 0 unspecified atom stereocenters. The van der Waals surface area contributed by atoms with Crippen molar-refractivity contribution in [1.29, 1.82) is 0 Å². The number of aromatic amines is 1. The Bertz CT molecular complexity index is 1440. The normalized spacial score (nSPS) is 15.5. The molecule has 6 nitrogen and oxygen atoms in total. The number of carbonyl (C=O) groups is 1. The Kier molecular flexibility index (Phi) is 6.21. The minimum absolute atomic E-state index is 0.0898. The first kappa shape index (κ1) is 23.0. The van der Waals surface area contributed by atoms with Crippen LogP contribution in [-0.4, -0.2) is 45.0 Å². The van der Waals surface area contributed by atoms with Crippen LogP contribution in [0.2, 0.25) is 5.02 Å². The molecule has 1 fully saturated rings. The fraction of sp³-hybridized carbons (Fsp3) is 0.192. The summed E-state index contributed by atoms with van der Waals surface area (Å²) in [5.41, 5.74) is 1.98. The van der Waals surface area contributed by atoms with Crippen LogP contribution in [0.4, 0.5) is 8.78 Å². The summed E-state index contributed by atoms with van der Waals surface area (Å²) in [5, 5.41) is 0.331. The van der Waals surface area contributed by atoms with Crippen LogP contribution in [0.3, 0.4) is 0 Å². The van der Waals surface area contributed by atoms with E-state index in [1.807, 2.05) is 0 Å². The summed E-state index contributed by atoms with van der Waals surface area (Å²) in [7, 11) is 0. The van der Waals surface area contributed by atoms with Gasteiger partial charge in [0.1, 0.15) is 18.2 Å². The lowest BCUT2D eigenvalue weighted by Gasteiger charge is -2.24. The summed E-state index contributed by atoms with van der Waals surface area (Å²) < 4.78 is 36.3. The van der Waals surface area contributed by atoms with Crippen LogP contribution in [0.25, 0.3) is 33.4 Å². The molecule has 1 N–H and O–H groups in total. The standard InChI is InChI=1S/C26H21ClF2N4O2/c1-2-22(34)33-10-4-5-16(33)14-35-21-13-30-12-19(29)24(21)26-23(17-11-15(27)7-8-18(17)28)25-20(32-26)6-3-9-31-25/h2-3,6-9,11-13,16,32H,1,4-5,10,14H2/t16-/m0/s1. The average molecular weight is 495 g/mol. The number of amides is 1. The van der Waals surface area contributed by atoms with Crippen LogP contribution in [0.5, 0.6) is 5.75 Å². The van der Waals surface area contributed by atoms with Gasteiger partial charge < -0.3 is 14.6 Å². The highest BCUT2D eigenvalue weighted by Gasteiger charge is 2.29. The van der Waals surface area contributed by atoms with Crippen LogP contribution < -0.4 is 4.74 Å². The molecule has 178 valence electrons. The Balaban J connectivity index is 1.62. The smallest absolute Gasteiger partial charge is 0.246 e. The first-order valence-electron chi connectivity index (χ1n) is 11.1. The van der Waals surface area contributed by atoms with Crippen molar-refractivity contribution in [2.45, 2.75) is 18.9 Å². The molecular formula is C26H21ClF2N4O2. The molecule has 0 aliphatic carbocycles. The SMILES string of the molecule is C=CC(=O)N1CCC[C@H]1COc1cncc(F)c1-c1[nH]c2cccnc2c1-c1cc(Cl)ccc1F. The molecule has 0 saturated carbocycles. The fourth-order valence-corrected chi connectivity index (χ4v) is 4.70. The molecule has 1 aromatic carbocycles. The van der Waals surface area contributed by atoms with Crippen LogP contribution in [0.1, 0.15) is 12.8 Å². The first-order chi connectivity index (χ1) is 17.0. The zero-order valence-corrected chi connectivity index (χ0v) is 19.4. The summed E-state index contributed by atoms with van der Waals surface area (Å²) in [5.74, 6) is -1.18. The molecule has 4 aromatic rings. The molecule has 0 bridgehead atoms. The Hall–Kier alpha value is -3.78. The number of nitrogens with zero attached hydrogens (tertiary/aromatic N) is 3. The first-order valence-corrected chi connectivity index (χ1v) is 11.5. The van der Waals surface area contributed by atoms with Gasteiger partial charge in [-0.2, -0.15) is 0 Å². The number of ether oxygens (including phenoxy) is 1. The largest absolute Gasteiger partial charge is 0.489 e. The van der Waals surface area contributed by atoms with Gasteiger partial charge in [0, 0.05) is 28.9 Å². The molecule has 1 amide bonds. The number of halogens is 3. The van der Waals surface area contributed by atoms with Gasteiger partial charge >= 0.3 is 0 Å². The number of rotatable bonds is 6. The number of pyridine rings is 2. The fourth-order valence-electron chi connectivity index (χ4n) is 4.53. The van der Waals surface area contributed by atoms with Gasteiger partial charge in [-0.3, -0.25) is 14.8 Å². The van der Waals surface area contributed by atoms with Crippen LogP contribution >= 0.6 is 11.6 Å². The minimum atomic E-state index is -0.650. The number of H-pyrrole nitrogens is 1. The second kappa shape index (κ2) is 9.46. The lowest BCUT2D eigenvalue weighted by molar-refractivity contribution is -0.127. The number of fused-ring (bicyclic) bond motifs is 1. The molecule has 3 aromatic heterocycles. The number of nitrogens with one attached hydrogen (secondary N) is 1. The molecule has 0 spiro atoms.